The first-order valence-corrected chi connectivity index (χ1v) is 43.7. The summed E-state index contributed by atoms with van der Waals surface area (Å²) in [5.41, 5.74) is 0. The van der Waals surface area contributed by atoms with Crippen LogP contribution in [-0.4, -0.2) is 47.4 Å². The van der Waals surface area contributed by atoms with Gasteiger partial charge in [-0.1, -0.05) is 436 Å². The third kappa shape index (κ3) is 80.9. The van der Waals surface area contributed by atoms with E-state index in [1.165, 1.54) is 411 Å². The third-order valence-electron chi connectivity index (χ3n) is 20.7. The molecule has 6 nitrogen and oxygen atoms in total. The summed E-state index contributed by atoms with van der Waals surface area (Å²) in [4.78, 5) is 24.7. The maximum Gasteiger partial charge on any atom is 0.305 e. The molecule has 0 heterocycles. The van der Waals surface area contributed by atoms with Crippen LogP contribution in [-0.2, 0) is 14.3 Å². The van der Waals surface area contributed by atoms with Crippen LogP contribution < -0.4 is 5.32 Å². The standard InChI is InChI=1S/C89H171NO5/c1-3-5-7-9-11-13-15-17-19-21-22-23-24-38-41-44-47-50-53-57-61-65-69-73-77-81-87(92)86(85-91)90-88(93)82-78-74-70-66-62-58-54-51-48-45-42-39-36-34-32-30-28-26-25-27-29-31-33-35-37-40-43-46-49-52-56-60-64-68-72-76-80-84-95-89(94)83-79-75-71-67-63-59-55-20-18-16-14-12-10-8-6-4-2/h20,25,27,31,33,55,86-87,91-92H,3-19,21-24,26,28-30,32,34-54,56-85H2,1-2H3,(H,90,93)/b27-25-,33-31-,55-20-. The number of nitrogens with one attached hydrogen (secondary N) is 1. The molecule has 3 N–H and O–H groups in total. The van der Waals surface area contributed by atoms with Gasteiger partial charge < -0.3 is 20.3 Å². The van der Waals surface area contributed by atoms with Crippen LogP contribution in [0.3, 0.4) is 0 Å². The number of carbonyl (C=O) groups is 2. The number of ether oxygens (including phenoxy) is 1. The predicted molar refractivity (Wildman–Crippen MR) is 421 cm³/mol. The lowest BCUT2D eigenvalue weighted by molar-refractivity contribution is -0.143. The zero-order valence-electron chi connectivity index (χ0n) is 64.7. The SMILES string of the molecule is CCCCCCCCC/C=C\CCCCCCCC(=O)OCCCCCCCCCCCCCCC/C=C\C/C=C\CCCCCCCCCCCCCCCCCCCC(=O)NC(CO)C(O)CCCCCCCCCCCCCCCCCCCCCCCCCCC. The average molecular weight is 1340 g/mol. The maximum absolute atomic E-state index is 12.6. The van der Waals surface area contributed by atoms with Gasteiger partial charge in [-0.15, -0.1) is 0 Å². The Balaban J connectivity index is 3.36. The summed E-state index contributed by atoms with van der Waals surface area (Å²) < 4.78 is 5.50. The van der Waals surface area contributed by atoms with Gasteiger partial charge in [0.1, 0.15) is 0 Å². The van der Waals surface area contributed by atoms with Crippen molar-refractivity contribution in [3.05, 3.63) is 36.5 Å². The summed E-state index contributed by atoms with van der Waals surface area (Å²) >= 11 is 0. The van der Waals surface area contributed by atoms with Crippen molar-refractivity contribution in [1.29, 1.82) is 0 Å². The Bertz CT molecular complexity index is 1540. The van der Waals surface area contributed by atoms with Gasteiger partial charge in [-0.05, 0) is 83.5 Å². The second-order valence-electron chi connectivity index (χ2n) is 30.2. The second-order valence-corrected chi connectivity index (χ2v) is 30.2. The van der Waals surface area contributed by atoms with E-state index in [1.54, 1.807) is 0 Å². The summed E-state index contributed by atoms with van der Waals surface area (Å²) in [6.45, 7) is 5.00. The number of rotatable bonds is 83. The lowest BCUT2D eigenvalue weighted by Crippen LogP contribution is -2.45. The number of carbonyl (C=O) groups excluding carboxylic acids is 2. The first kappa shape index (κ1) is 93.1. The normalized spacial score (nSPS) is 12.6. The van der Waals surface area contributed by atoms with Gasteiger partial charge in [0.15, 0.2) is 0 Å². The quantitative estimate of drug-likeness (QED) is 0.0320. The molecule has 0 bridgehead atoms. The minimum atomic E-state index is -0.664. The molecule has 2 atom stereocenters. The lowest BCUT2D eigenvalue weighted by Gasteiger charge is -2.22. The Morgan fingerprint density at radius 3 is 0.811 bits per heavy atom. The van der Waals surface area contributed by atoms with Gasteiger partial charge in [0, 0.05) is 12.8 Å². The largest absolute Gasteiger partial charge is 0.466 e. The third-order valence-corrected chi connectivity index (χ3v) is 20.7. The Labute approximate surface area is 595 Å². The molecule has 0 saturated heterocycles. The fraction of sp³-hybridized carbons (Fsp3) is 0.910. The van der Waals surface area contributed by atoms with Crippen LogP contribution in [0.4, 0.5) is 0 Å². The van der Waals surface area contributed by atoms with Crippen molar-refractivity contribution in [1.82, 2.24) is 5.32 Å². The maximum atomic E-state index is 12.6. The minimum absolute atomic E-state index is 0.0124. The van der Waals surface area contributed by atoms with Gasteiger partial charge in [0.25, 0.3) is 0 Å². The molecule has 562 valence electrons. The highest BCUT2D eigenvalue weighted by Gasteiger charge is 2.20. The molecule has 0 aromatic heterocycles. The van der Waals surface area contributed by atoms with Crippen LogP contribution in [0.5, 0.6) is 0 Å². The van der Waals surface area contributed by atoms with Gasteiger partial charge in [-0.25, -0.2) is 0 Å². The topological polar surface area (TPSA) is 95.9 Å². The van der Waals surface area contributed by atoms with Crippen molar-refractivity contribution >= 4 is 11.9 Å². The zero-order valence-corrected chi connectivity index (χ0v) is 64.7. The zero-order chi connectivity index (χ0) is 68.4. The first-order chi connectivity index (χ1) is 47.0. The number of allylic oxidation sites excluding steroid dienone is 6. The molecule has 0 spiro atoms. The predicted octanol–water partition coefficient (Wildman–Crippen LogP) is 29.3. The molecule has 0 aromatic carbocycles. The highest BCUT2D eigenvalue weighted by molar-refractivity contribution is 5.76. The molecule has 0 aliphatic heterocycles. The monoisotopic (exact) mass is 1330 g/mol. The van der Waals surface area contributed by atoms with E-state index in [0.29, 0.717) is 25.9 Å². The summed E-state index contributed by atoms with van der Waals surface area (Å²) in [5, 5.41) is 23.5. The number of hydrogen-bond acceptors (Lipinski definition) is 5. The van der Waals surface area contributed by atoms with E-state index < -0.39 is 12.1 Å². The van der Waals surface area contributed by atoms with Crippen molar-refractivity contribution in [2.24, 2.45) is 0 Å². The van der Waals surface area contributed by atoms with Gasteiger partial charge >= 0.3 is 5.97 Å². The average Bonchev–Trinajstić information content (AvgIpc) is 2.97. The highest BCUT2D eigenvalue weighted by atomic mass is 16.5. The fourth-order valence-electron chi connectivity index (χ4n) is 14.0. The van der Waals surface area contributed by atoms with Gasteiger partial charge in [-0.2, -0.15) is 0 Å². The molecule has 0 aromatic rings. The van der Waals surface area contributed by atoms with E-state index in [2.05, 4.69) is 55.6 Å². The molecule has 0 rings (SSSR count). The van der Waals surface area contributed by atoms with Crippen LogP contribution in [0.25, 0.3) is 0 Å². The Morgan fingerprint density at radius 1 is 0.295 bits per heavy atom. The summed E-state index contributed by atoms with van der Waals surface area (Å²) in [5.74, 6) is -0.0138. The van der Waals surface area contributed by atoms with E-state index >= 15 is 0 Å². The van der Waals surface area contributed by atoms with E-state index in [1.807, 2.05) is 0 Å². The summed E-state index contributed by atoms with van der Waals surface area (Å²) in [6.07, 6.45) is 111. The summed E-state index contributed by atoms with van der Waals surface area (Å²) in [6, 6.07) is -0.541. The van der Waals surface area contributed by atoms with E-state index in [0.717, 1.165) is 51.4 Å². The molecular weight excluding hydrogens is 1160 g/mol. The Morgan fingerprint density at radius 2 is 0.526 bits per heavy atom. The van der Waals surface area contributed by atoms with Crippen molar-refractivity contribution in [2.45, 2.75) is 508 Å². The molecule has 1 amide bonds. The number of unbranched alkanes of at least 4 members (excludes halogenated alkanes) is 66. The molecule has 0 aliphatic carbocycles. The second kappa shape index (κ2) is 84.5. The van der Waals surface area contributed by atoms with Crippen LogP contribution in [0.2, 0.25) is 0 Å². The first-order valence-electron chi connectivity index (χ1n) is 43.7. The van der Waals surface area contributed by atoms with E-state index in [9.17, 15) is 19.8 Å². The minimum Gasteiger partial charge on any atom is -0.466 e. The van der Waals surface area contributed by atoms with Crippen molar-refractivity contribution in [3.63, 3.8) is 0 Å². The number of aliphatic hydroxyl groups excluding tert-OH is 2. The molecule has 6 heteroatoms. The highest BCUT2D eigenvalue weighted by Crippen LogP contribution is 2.21. The van der Waals surface area contributed by atoms with E-state index in [-0.39, 0.29) is 18.5 Å². The molecular formula is C89H171NO5. The van der Waals surface area contributed by atoms with E-state index in [4.69, 9.17) is 4.74 Å². The Hall–Kier alpha value is -1.92. The number of amides is 1. The molecule has 0 saturated carbocycles. The van der Waals surface area contributed by atoms with Gasteiger partial charge in [-0.3, -0.25) is 9.59 Å². The number of aliphatic hydroxyl groups is 2. The number of hydrogen-bond donors (Lipinski definition) is 3. The van der Waals surface area contributed by atoms with Crippen LogP contribution >= 0.6 is 0 Å². The van der Waals surface area contributed by atoms with Gasteiger partial charge in [0.05, 0.1) is 25.4 Å². The van der Waals surface area contributed by atoms with Gasteiger partial charge in [0.2, 0.25) is 5.91 Å². The molecule has 95 heavy (non-hydrogen) atoms. The van der Waals surface area contributed by atoms with Crippen LogP contribution in [0.1, 0.15) is 495 Å². The molecule has 2 unspecified atom stereocenters. The number of esters is 1. The molecule has 0 radical (unpaired) electrons. The van der Waals surface area contributed by atoms with Crippen molar-refractivity contribution in [3.8, 4) is 0 Å². The fourth-order valence-corrected chi connectivity index (χ4v) is 14.0. The molecule has 0 fully saturated rings. The lowest BCUT2D eigenvalue weighted by atomic mass is 10.0. The Kier molecular flexibility index (Phi) is 82.8. The van der Waals surface area contributed by atoms with Crippen LogP contribution in [0.15, 0.2) is 36.5 Å². The summed E-state index contributed by atoms with van der Waals surface area (Å²) in [7, 11) is 0. The van der Waals surface area contributed by atoms with Crippen molar-refractivity contribution in [2.75, 3.05) is 13.2 Å². The smallest absolute Gasteiger partial charge is 0.305 e. The van der Waals surface area contributed by atoms with Crippen LogP contribution in [0, 0.1) is 0 Å². The molecule has 0 aliphatic rings. The van der Waals surface area contributed by atoms with Crippen molar-refractivity contribution < 1.29 is 24.5 Å².